The molecule has 1 saturated heterocycles. The van der Waals surface area contributed by atoms with Crippen molar-refractivity contribution in [3.63, 3.8) is 0 Å². The molecule has 0 aliphatic carbocycles. The molecule has 0 unspecified atom stereocenters. The maximum Gasteiger partial charge on any atom is 0.327 e. The molecule has 0 aromatic heterocycles. The van der Waals surface area contributed by atoms with Crippen LogP contribution < -0.4 is 14.4 Å². The van der Waals surface area contributed by atoms with Gasteiger partial charge in [-0.1, -0.05) is 24.3 Å². The van der Waals surface area contributed by atoms with Crippen LogP contribution in [0.15, 0.2) is 60.7 Å². The summed E-state index contributed by atoms with van der Waals surface area (Å²) in [6, 6.07) is 14.1. The van der Waals surface area contributed by atoms with Gasteiger partial charge < -0.3 is 19.1 Å². The summed E-state index contributed by atoms with van der Waals surface area (Å²) in [4.78, 5) is 29.1. The number of carbonyl (C=O) groups is 2. The normalized spacial score (nSPS) is 19.2. The highest BCUT2D eigenvalue weighted by Gasteiger charge is 2.55. The van der Waals surface area contributed by atoms with E-state index in [1.165, 1.54) is 0 Å². The van der Waals surface area contributed by atoms with Crippen molar-refractivity contribution in [2.75, 3.05) is 25.7 Å². The van der Waals surface area contributed by atoms with Crippen LogP contribution >= 0.6 is 0 Å². The quantitative estimate of drug-likeness (QED) is 0.408. The van der Waals surface area contributed by atoms with Crippen LogP contribution in [-0.2, 0) is 19.7 Å². The highest BCUT2D eigenvalue weighted by molar-refractivity contribution is 6.16. The third kappa shape index (κ3) is 4.43. The Morgan fingerprint density at radius 2 is 1.48 bits per heavy atom. The molecule has 1 amide bonds. The summed E-state index contributed by atoms with van der Waals surface area (Å²) in [6.45, 7) is 9.83. The van der Waals surface area contributed by atoms with Crippen LogP contribution in [0.3, 0.4) is 0 Å². The average Bonchev–Trinajstić information content (AvgIpc) is 2.74. The molecule has 0 radical (unpaired) electrons. The Balaban J connectivity index is 2.13. The summed E-state index contributed by atoms with van der Waals surface area (Å²) in [5.74, 6) is 0.386. The molecule has 164 valence electrons. The summed E-state index contributed by atoms with van der Waals surface area (Å²) in [6.07, 6.45) is 0.180. The summed E-state index contributed by atoms with van der Waals surface area (Å²) in [5.41, 5.74) is -0.313. The molecule has 1 fully saturated rings. The average molecular weight is 424 g/mol. The van der Waals surface area contributed by atoms with Crippen LogP contribution in [-0.4, -0.2) is 38.2 Å². The second-order valence-corrected chi connectivity index (χ2v) is 8.65. The lowest BCUT2D eigenvalue weighted by atomic mass is 9.71. The molecule has 1 aliphatic heterocycles. The Hall–Kier alpha value is -3.28. The lowest BCUT2D eigenvalue weighted by molar-refractivity contribution is -0.165. The SMILES string of the molecule is C=C1CN(c2ccc(OC)cc2)C(=O)[C@@](C(=O)OC(C)(C)C)(c2ccc(OC)cc2)C1. The zero-order valence-electron chi connectivity index (χ0n) is 18.7. The fourth-order valence-corrected chi connectivity index (χ4v) is 3.75. The minimum atomic E-state index is -1.53. The first-order valence-corrected chi connectivity index (χ1v) is 10.1. The highest BCUT2D eigenvalue weighted by atomic mass is 16.6. The van der Waals surface area contributed by atoms with Crippen LogP contribution in [0.1, 0.15) is 32.8 Å². The zero-order chi connectivity index (χ0) is 22.8. The van der Waals surface area contributed by atoms with Gasteiger partial charge in [0.05, 0.1) is 14.2 Å². The zero-order valence-corrected chi connectivity index (χ0v) is 18.7. The smallest absolute Gasteiger partial charge is 0.327 e. The standard InChI is InChI=1S/C25H29NO5/c1-17-15-25(23(28)31-24(2,3)4,18-7-11-20(29-5)12-8-18)22(27)26(16-17)19-9-13-21(30-6)14-10-19/h7-14H,1,15-16H2,2-6H3/t25-/m0/s1. The van der Waals surface area contributed by atoms with E-state index in [1.54, 1.807) is 88.4 Å². The van der Waals surface area contributed by atoms with Crippen molar-refractivity contribution in [3.05, 3.63) is 66.2 Å². The number of piperidine rings is 1. The second kappa shape index (κ2) is 8.46. The first-order chi connectivity index (χ1) is 14.6. The van der Waals surface area contributed by atoms with Crippen LogP contribution in [0.4, 0.5) is 5.69 Å². The summed E-state index contributed by atoms with van der Waals surface area (Å²) < 4.78 is 16.2. The van der Waals surface area contributed by atoms with Gasteiger partial charge in [-0.05, 0) is 69.2 Å². The van der Waals surface area contributed by atoms with E-state index >= 15 is 0 Å². The van der Waals surface area contributed by atoms with E-state index in [4.69, 9.17) is 14.2 Å². The van der Waals surface area contributed by atoms with Gasteiger partial charge in [0.15, 0.2) is 5.41 Å². The van der Waals surface area contributed by atoms with Crippen molar-refractivity contribution in [1.82, 2.24) is 0 Å². The Bertz CT molecular complexity index is 972. The molecule has 1 heterocycles. The number of hydrogen-bond acceptors (Lipinski definition) is 5. The van der Waals surface area contributed by atoms with Gasteiger partial charge in [0, 0.05) is 12.2 Å². The molecule has 31 heavy (non-hydrogen) atoms. The number of benzene rings is 2. The van der Waals surface area contributed by atoms with Gasteiger partial charge in [-0.15, -0.1) is 0 Å². The van der Waals surface area contributed by atoms with E-state index in [0.717, 1.165) is 5.57 Å². The molecule has 0 saturated carbocycles. The topological polar surface area (TPSA) is 65.1 Å². The first kappa shape index (κ1) is 22.4. The fourth-order valence-electron chi connectivity index (χ4n) is 3.75. The Morgan fingerprint density at radius 3 is 1.97 bits per heavy atom. The van der Waals surface area contributed by atoms with Crippen LogP contribution in [0.2, 0.25) is 0 Å². The van der Waals surface area contributed by atoms with Gasteiger partial charge in [0.1, 0.15) is 17.1 Å². The Labute approximate surface area is 183 Å². The van der Waals surface area contributed by atoms with Crippen LogP contribution in [0.25, 0.3) is 0 Å². The monoisotopic (exact) mass is 423 g/mol. The fraction of sp³-hybridized carbons (Fsp3) is 0.360. The second-order valence-electron chi connectivity index (χ2n) is 8.65. The molecular weight excluding hydrogens is 394 g/mol. The van der Waals surface area contributed by atoms with Gasteiger partial charge >= 0.3 is 5.97 Å². The largest absolute Gasteiger partial charge is 0.497 e. The molecule has 6 heteroatoms. The molecule has 2 aromatic rings. The van der Waals surface area contributed by atoms with Crippen molar-refractivity contribution in [1.29, 1.82) is 0 Å². The van der Waals surface area contributed by atoms with Gasteiger partial charge in [0.25, 0.3) is 0 Å². The highest BCUT2D eigenvalue weighted by Crippen LogP contribution is 2.41. The molecule has 6 nitrogen and oxygen atoms in total. The van der Waals surface area contributed by atoms with E-state index < -0.39 is 17.0 Å². The lowest BCUT2D eigenvalue weighted by Gasteiger charge is -2.42. The number of hydrogen-bond donors (Lipinski definition) is 0. The van der Waals surface area contributed by atoms with Crippen molar-refractivity contribution >= 4 is 17.6 Å². The van der Waals surface area contributed by atoms with Gasteiger partial charge in [0.2, 0.25) is 5.91 Å². The summed E-state index contributed by atoms with van der Waals surface area (Å²) in [7, 11) is 3.15. The molecule has 0 bridgehead atoms. The number of esters is 1. The van der Waals surface area contributed by atoms with Crippen LogP contribution in [0.5, 0.6) is 11.5 Å². The van der Waals surface area contributed by atoms with Gasteiger partial charge in [-0.2, -0.15) is 0 Å². The molecule has 0 spiro atoms. The molecule has 1 atom stereocenters. The van der Waals surface area contributed by atoms with E-state index in [-0.39, 0.29) is 12.3 Å². The third-order valence-corrected chi connectivity index (χ3v) is 5.22. The number of rotatable bonds is 5. The predicted molar refractivity (Wildman–Crippen MR) is 120 cm³/mol. The van der Waals surface area contributed by atoms with Gasteiger partial charge in [-0.25, -0.2) is 0 Å². The lowest BCUT2D eigenvalue weighted by Crippen LogP contribution is -2.58. The molecule has 3 rings (SSSR count). The van der Waals surface area contributed by atoms with E-state index in [1.807, 2.05) is 0 Å². The summed E-state index contributed by atoms with van der Waals surface area (Å²) >= 11 is 0. The predicted octanol–water partition coefficient (Wildman–Crippen LogP) is 4.28. The minimum Gasteiger partial charge on any atom is -0.497 e. The summed E-state index contributed by atoms with van der Waals surface area (Å²) in [5, 5.41) is 0. The maximum atomic E-state index is 14.0. The first-order valence-electron chi connectivity index (χ1n) is 10.1. The molecule has 0 N–H and O–H groups in total. The Morgan fingerprint density at radius 1 is 0.968 bits per heavy atom. The van der Waals surface area contributed by atoms with Crippen molar-refractivity contribution < 1.29 is 23.8 Å². The van der Waals surface area contributed by atoms with E-state index in [9.17, 15) is 9.59 Å². The minimum absolute atomic E-state index is 0.180. The number of ether oxygens (including phenoxy) is 3. The number of methoxy groups -OCH3 is 2. The third-order valence-electron chi connectivity index (χ3n) is 5.22. The number of amides is 1. The number of anilines is 1. The van der Waals surface area contributed by atoms with Crippen molar-refractivity contribution in [3.8, 4) is 11.5 Å². The van der Waals surface area contributed by atoms with Crippen LogP contribution in [0, 0.1) is 0 Å². The number of carbonyl (C=O) groups excluding carboxylic acids is 2. The molecule has 2 aromatic carbocycles. The maximum absolute atomic E-state index is 14.0. The van der Waals surface area contributed by atoms with Crippen molar-refractivity contribution in [2.24, 2.45) is 0 Å². The molecular formula is C25H29NO5. The van der Waals surface area contributed by atoms with E-state index in [2.05, 4.69) is 6.58 Å². The number of nitrogens with zero attached hydrogens (tertiary/aromatic N) is 1. The Kier molecular flexibility index (Phi) is 6.11. The van der Waals surface area contributed by atoms with Gasteiger partial charge in [-0.3, -0.25) is 9.59 Å². The van der Waals surface area contributed by atoms with Crippen molar-refractivity contribution in [2.45, 2.75) is 38.2 Å². The van der Waals surface area contributed by atoms with E-state index in [0.29, 0.717) is 29.3 Å². The molecule has 1 aliphatic rings.